The summed E-state index contributed by atoms with van der Waals surface area (Å²) in [6, 6.07) is 3.47. The molecule has 0 aromatic carbocycles. The van der Waals surface area contributed by atoms with Gasteiger partial charge in [-0.25, -0.2) is 4.98 Å². The van der Waals surface area contributed by atoms with Crippen LogP contribution in [-0.2, 0) is 0 Å². The highest BCUT2D eigenvalue weighted by Gasteiger charge is 2.14. The summed E-state index contributed by atoms with van der Waals surface area (Å²) in [6.45, 7) is 2.38. The number of hydrogen-bond donors (Lipinski definition) is 2. The zero-order chi connectivity index (χ0) is 14.1. The molecule has 7 heteroatoms. The van der Waals surface area contributed by atoms with E-state index in [1.165, 1.54) is 12.5 Å². The summed E-state index contributed by atoms with van der Waals surface area (Å²) < 4.78 is 15.1. The predicted molar refractivity (Wildman–Crippen MR) is 70.7 cm³/mol. The molecule has 0 bridgehead atoms. The Morgan fingerprint density at radius 1 is 1.50 bits per heavy atom. The van der Waals surface area contributed by atoms with Crippen LogP contribution in [-0.4, -0.2) is 32.0 Å². The second kappa shape index (κ2) is 4.76. The molecular formula is C13H12FN5O. The van der Waals surface area contributed by atoms with Gasteiger partial charge in [-0.3, -0.25) is 9.89 Å². The summed E-state index contributed by atoms with van der Waals surface area (Å²) in [5.74, 6) is -0.717. The van der Waals surface area contributed by atoms with Gasteiger partial charge in [0.25, 0.3) is 5.91 Å². The number of aromatic nitrogens is 4. The highest BCUT2D eigenvalue weighted by atomic mass is 19.1. The van der Waals surface area contributed by atoms with Gasteiger partial charge >= 0.3 is 0 Å². The van der Waals surface area contributed by atoms with Crippen LogP contribution in [0.25, 0.3) is 16.6 Å². The number of carbonyl (C=O) groups excluding carboxylic acids is 1. The molecular weight excluding hydrogens is 261 g/mol. The second-order valence-corrected chi connectivity index (χ2v) is 4.26. The lowest BCUT2D eigenvalue weighted by molar-refractivity contribution is 0.0953. The fraction of sp³-hybridized carbons (Fsp3) is 0.154. The number of halogens is 1. The number of hydrogen-bond acceptors (Lipinski definition) is 3. The lowest BCUT2D eigenvalue weighted by atomic mass is 10.1. The number of aromatic amines is 1. The number of pyridine rings is 1. The number of amides is 1. The maximum atomic E-state index is 13.5. The highest BCUT2D eigenvalue weighted by molar-refractivity contribution is 5.99. The largest absolute Gasteiger partial charge is 0.351 e. The normalized spacial score (nSPS) is 10.9. The number of H-pyrrole nitrogens is 1. The van der Waals surface area contributed by atoms with E-state index in [1.54, 1.807) is 22.7 Å². The van der Waals surface area contributed by atoms with Crippen LogP contribution in [0.15, 0.2) is 30.9 Å². The van der Waals surface area contributed by atoms with Gasteiger partial charge in [0.05, 0.1) is 17.3 Å². The number of nitrogens with one attached hydrogen (secondary N) is 2. The summed E-state index contributed by atoms with van der Waals surface area (Å²) in [4.78, 5) is 15.9. The monoisotopic (exact) mass is 273 g/mol. The SMILES string of the molecule is CCNC(=O)c1ncn2cc(-c3cn[nH]c3F)ccc12. The van der Waals surface area contributed by atoms with Gasteiger partial charge in [0, 0.05) is 18.3 Å². The Balaban J connectivity index is 2.06. The first kappa shape index (κ1) is 12.3. The molecule has 0 spiro atoms. The first-order valence-corrected chi connectivity index (χ1v) is 6.15. The molecule has 0 aliphatic carbocycles. The molecule has 3 rings (SSSR count). The Bertz CT molecular complexity index is 776. The Hall–Kier alpha value is -2.70. The standard InChI is InChI=1S/C13H12FN5O/c1-2-15-13(20)11-10-4-3-8(6-19(10)7-16-11)9-5-17-18-12(9)14/h3-7H,2H2,1H3,(H,15,20)(H,17,18). The van der Waals surface area contributed by atoms with Gasteiger partial charge in [-0.15, -0.1) is 0 Å². The summed E-state index contributed by atoms with van der Waals surface area (Å²) in [7, 11) is 0. The van der Waals surface area contributed by atoms with E-state index in [4.69, 9.17) is 0 Å². The van der Waals surface area contributed by atoms with Gasteiger partial charge in [0.15, 0.2) is 5.69 Å². The topological polar surface area (TPSA) is 75.1 Å². The molecule has 3 aromatic heterocycles. The van der Waals surface area contributed by atoms with Crippen LogP contribution in [0.2, 0.25) is 0 Å². The predicted octanol–water partition coefficient (Wildman–Crippen LogP) is 1.61. The van der Waals surface area contributed by atoms with Crippen molar-refractivity contribution >= 4 is 11.4 Å². The summed E-state index contributed by atoms with van der Waals surface area (Å²) in [5, 5.41) is 8.60. The van der Waals surface area contributed by atoms with Gasteiger partial charge in [0.2, 0.25) is 5.95 Å². The maximum absolute atomic E-state index is 13.5. The van der Waals surface area contributed by atoms with Crippen molar-refractivity contribution in [3.05, 3.63) is 42.5 Å². The Labute approximate surface area is 113 Å². The quantitative estimate of drug-likeness (QED) is 0.761. The van der Waals surface area contributed by atoms with Crippen molar-refractivity contribution in [1.29, 1.82) is 0 Å². The zero-order valence-electron chi connectivity index (χ0n) is 10.7. The first-order chi connectivity index (χ1) is 9.70. The lowest BCUT2D eigenvalue weighted by Gasteiger charge is -2.02. The highest BCUT2D eigenvalue weighted by Crippen LogP contribution is 2.22. The summed E-state index contributed by atoms with van der Waals surface area (Å²) in [5.41, 5.74) is 2.05. The number of rotatable bonds is 3. The van der Waals surface area contributed by atoms with E-state index < -0.39 is 5.95 Å². The van der Waals surface area contributed by atoms with Gasteiger partial charge in [0.1, 0.15) is 6.33 Å². The average molecular weight is 273 g/mol. The van der Waals surface area contributed by atoms with Gasteiger partial charge in [-0.2, -0.15) is 9.49 Å². The molecule has 0 radical (unpaired) electrons. The fourth-order valence-corrected chi connectivity index (χ4v) is 2.05. The van der Waals surface area contributed by atoms with Crippen molar-refractivity contribution in [3.8, 4) is 11.1 Å². The molecule has 0 aliphatic heterocycles. The molecule has 0 saturated heterocycles. The van der Waals surface area contributed by atoms with Crippen molar-refractivity contribution in [2.24, 2.45) is 0 Å². The molecule has 2 N–H and O–H groups in total. The van der Waals surface area contributed by atoms with Crippen LogP contribution in [0, 0.1) is 5.95 Å². The third kappa shape index (κ3) is 1.93. The van der Waals surface area contributed by atoms with Crippen LogP contribution in [0.5, 0.6) is 0 Å². The molecule has 0 unspecified atom stereocenters. The van der Waals surface area contributed by atoms with Gasteiger partial charge in [-0.05, 0) is 13.0 Å². The molecule has 1 amide bonds. The van der Waals surface area contributed by atoms with E-state index in [2.05, 4.69) is 20.5 Å². The number of imidazole rings is 1. The van der Waals surface area contributed by atoms with E-state index >= 15 is 0 Å². The van der Waals surface area contributed by atoms with Crippen molar-refractivity contribution in [2.75, 3.05) is 6.54 Å². The molecule has 3 aromatic rings. The average Bonchev–Trinajstić information content (AvgIpc) is 3.04. The van der Waals surface area contributed by atoms with Crippen molar-refractivity contribution in [1.82, 2.24) is 24.9 Å². The van der Waals surface area contributed by atoms with Crippen LogP contribution < -0.4 is 5.32 Å². The third-order valence-electron chi connectivity index (χ3n) is 2.99. The van der Waals surface area contributed by atoms with Gasteiger partial charge in [-0.1, -0.05) is 6.07 Å². The molecule has 20 heavy (non-hydrogen) atoms. The van der Waals surface area contributed by atoms with E-state index in [-0.39, 0.29) is 5.91 Å². The lowest BCUT2D eigenvalue weighted by Crippen LogP contribution is -2.23. The number of fused-ring (bicyclic) bond motifs is 1. The molecule has 0 aliphatic rings. The number of nitrogens with zero attached hydrogens (tertiary/aromatic N) is 3. The molecule has 0 fully saturated rings. The number of carbonyl (C=O) groups is 1. The Morgan fingerprint density at radius 2 is 2.35 bits per heavy atom. The van der Waals surface area contributed by atoms with Crippen molar-refractivity contribution in [3.63, 3.8) is 0 Å². The van der Waals surface area contributed by atoms with Crippen molar-refractivity contribution < 1.29 is 9.18 Å². The third-order valence-corrected chi connectivity index (χ3v) is 2.99. The maximum Gasteiger partial charge on any atom is 0.272 e. The molecule has 0 saturated carbocycles. The first-order valence-electron chi connectivity index (χ1n) is 6.15. The second-order valence-electron chi connectivity index (χ2n) is 4.26. The molecule has 0 atom stereocenters. The minimum absolute atomic E-state index is 0.225. The Kier molecular flexibility index (Phi) is 2.94. The summed E-state index contributed by atoms with van der Waals surface area (Å²) in [6.07, 6.45) is 4.65. The molecule has 3 heterocycles. The van der Waals surface area contributed by atoms with Crippen LogP contribution in [0.4, 0.5) is 4.39 Å². The fourth-order valence-electron chi connectivity index (χ4n) is 2.05. The smallest absolute Gasteiger partial charge is 0.272 e. The van der Waals surface area contributed by atoms with E-state index in [0.717, 1.165) is 0 Å². The minimum atomic E-state index is -0.492. The van der Waals surface area contributed by atoms with Crippen LogP contribution in [0.1, 0.15) is 17.4 Å². The van der Waals surface area contributed by atoms with E-state index in [1.807, 2.05) is 6.92 Å². The van der Waals surface area contributed by atoms with Gasteiger partial charge < -0.3 is 9.72 Å². The van der Waals surface area contributed by atoms with Crippen molar-refractivity contribution in [2.45, 2.75) is 6.92 Å². The Morgan fingerprint density at radius 3 is 3.05 bits per heavy atom. The van der Waals surface area contributed by atoms with Crippen LogP contribution in [0.3, 0.4) is 0 Å². The molecule has 6 nitrogen and oxygen atoms in total. The van der Waals surface area contributed by atoms with E-state index in [0.29, 0.717) is 28.9 Å². The molecule has 102 valence electrons. The van der Waals surface area contributed by atoms with E-state index in [9.17, 15) is 9.18 Å². The minimum Gasteiger partial charge on any atom is -0.351 e. The van der Waals surface area contributed by atoms with Crippen LogP contribution >= 0.6 is 0 Å². The summed E-state index contributed by atoms with van der Waals surface area (Å²) >= 11 is 0. The zero-order valence-corrected chi connectivity index (χ0v) is 10.7.